The number of hydrogen-bond donors (Lipinski definition) is 2. The third-order valence-electron chi connectivity index (χ3n) is 5.98. The maximum Gasteiger partial charge on any atom is 0.243 e. The lowest BCUT2D eigenvalue weighted by molar-refractivity contribution is -0.127. The molecular formula is C23H37N7O. The normalized spacial score (nSPS) is 17.3. The molecule has 0 aliphatic carbocycles. The van der Waals surface area contributed by atoms with E-state index in [1.807, 2.05) is 6.07 Å². The van der Waals surface area contributed by atoms with Crippen LogP contribution in [-0.2, 0) is 11.3 Å². The molecule has 2 N–H and O–H groups in total. The number of imidazole rings is 1. The molecule has 0 saturated carbocycles. The van der Waals surface area contributed by atoms with Gasteiger partial charge < -0.3 is 20.1 Å². The van der Waals surface area contributed by atoms with E-state index in [4.69, 9.17) is 0 Å². The van der Waals surface area contributed by atoms with Crippen molar-refractivity contribution in [2.24, 2.45) is 4.99 Å². The fourth-order valence-corrected chi connectivity index (χ4v) is 4.14. The number of nitrogens with one attached hydrogen (secondary N) is 2. The molecule has 1 atom stereocenters. The van der Waals surface area contributed by atoms with E-state index >= 15 is 0 Å². The number of nitrogens with zero attached hydrogens (tertiary/aromatic N) is 5. The van der Waals surface area contributed by atoms with E-state index in [1.165, 1.54) is 24.9 Å². The Balaban J connectivity index is 1.55. The van der Waals surface area contributed by atoms with Gasteiger partial charge in [0.25, 0.3) is 0 Å². The third-order valence-corrected chi connectivity index (χ3v) is 5.98. The number of aryl methyl sites for hydroxylation is 2. The van der Waals surface area contributed by atoms with Gasteiger partial charge in [-0.25, -0.2) is 9.98 Å². The number of rotatable bonds is 9. The molecule has 1 aliphatic heterocycles. The molecule has 0 bridgehead atoms. The molecule has 1 amide bonds. The van der Waals surface area contributed by atoms with Crippen LogP contribution in [0.2, 0.25) is 0 Å². The zero-order chi connectivity index (χ0) is 22.2. The maximum absolute atomic E-state index is 12.0. The van der Waals surface area contributed by atoms with Crippen molar-refractivity contribution in [1.29, 1.82) is 0 Å². The van der Waals surface area contributed by atoms with Crippen molar-refractivity contribution in [1.82, 2.24) is 30.0 Å². The zero-order valence-corrected chi connectivity index (χ0v) is 19.4. The van der Waals surface area contributed by atoms with Gasteiger partial charge in [-0.2, -0.15) is 0 Å². The fraction of sp³-hybridized carbons (Fsp3) is 0.609. The van der Waals surface area contributed by atoms with Crippen molar-refractivity contribution in [3.05, 3.63) is 30.1 Å². The molecule has 1 aromatic heterocycles. The lowest BCUT2D eigenvalue weighted by atomic mass is 10.2. The van der Waals surface area contributed by atoms with Gasteiger partial charge in [0.1, 0.15) is 12.4 Å². The van der Waals surface area contributed by atoms with Gasteiger partial charge in [0, 0.05) is 39.8 Å². The first kappa shape index (κ1) is 23.1. The van der Waals surface area contributed by atoms with E-state index in [0.717, 1.165) is 43.9 Å². The van der Waals surface area contributed by atoms with Crippen LogP contribution in [0.4, 0.5) is 0 Å². The highest BCUT2D eigenvalue weighted by molar-refractivity contribution is 5.84. The summed E-state index contributed by atoms with van der Waals surface area (Å²) in [6.07, 6.45) is 3.39. The molecule has 8 heteroatoms. The summed E-state index contributed by atoms with van der Waals surface area (Å²) in [6, 6.07) is 8.77. The van der Waals surface area contributed by atoms with Gasteiger partial charge in [-0.1, -0.05) is 19.1 Å². The summed E-state index contributed by atoms with van der Waals surface area (Å²) in [7, 11) is 3.52. The Bertz CT molecular complexity index is 889. The van der Waals surface area contributed by atoms with E-state index in [0.29, 0.717) is 12.0 Å². The van der Waals surface area contributed by atoms with Gasteiger partial charge in [-0.05, 0) is 51.4 Å². The number of carbonyl (C=O) groups is 1. The number of hydrogen-bond acceptors (Lipinski definition) is 4. The summed E-state index contributed by atoms with van der Waals surface area (Å²) in [5.74, 6) is 1.74. The number of carbonyl (C=O) groups excluding carboxylic acids is 1. The summed E-state index contributed by atoms with van der Waals surface area (Å²) in [5, 5.41) is 6.88. The number of likely N-dealkylation sites (tertiary alicyclic amines) is 1. The van der Waals surface area contributed by atoms with Crippen LogP contribution in [-0.4, -0.2) is 84.1 Å². The molecule has 2 aromatic rings. The average Bonchev–Trinajstić information content (AvgIpc) is 3.35. The fourth-order valence-electron chi connectivity index (χ4n) is 4.14. The molecule has 3 rings (SSSR count). The number of para-hydroxylation sites is 2. The molecule has 1 unspecified atom stereocenters. The molecule has 1 fully saturated rings. The van der Waals surface area contributed by atoms with Crippen molar-refractivity contribution in [2.45, 2.75) is 45.7 Å². The first-order valence-electron chi connectivity index (χ1n) is 11.4. The molecule has 8 nitrogen and oxygen atoms in total. The molecule has 2 heterocycles. The first-order valence-corrected chi connectivity index (χ1v) is 11.4. The van der Waals surface area contributed by atoms with Crippen LogP contribution in [0, 0.1) is 6.92 Å². The van der Waals surface area contributed by atoms with Crippen molar-refractivity contribution in [3.63, 3.8) is 0 Å². The van der Waals surface area contributed by atoms with E-state index < -0.39 is 0 Å². The van der Waals surface area contributed by atoms with E-state index in [1.54, 1.807) is 19.0 Å². The maximum atomic E-state index is 12.0. The number of likely N-dealkylation sites (N-methyl/N-ethyl adjacent to an activating group) is 2. The summed E-state index contributed by atoms with van der Waals surface area (Å²) >= 11 is 0. The summed E-state index contributed by atoms with van der Waals surface area (Å²) < 4.78 is 2.26. The number of guanidine groups is 1. The molecule has 1 saturated heterocycles. The summed E-state index contributed by atoms with van der Waals surface area (Å²) in [6.45, 7) is 9.16. The Kier molecular flexibility index (Phi) is 8.28. The second kappa shape index (κ2) is 11.1. The van der Waals surface area contributed by atoms with E-state index in [-0.39, 0.29) is 12.5 Å². The predicted molar refractivity (Wildman–Crippen MR) is 126 cm³/mol. The number of fused-ring (bicyclic) bond motifs is 1. The lowest BCUT2D eigenvalue weighted by Crippen LogP contribution is -2.45. The van der Waals surface area contributed by atoms with Crippen LogP contribution in [0.1, 0.15) is 32.0 Å². The lowest BCUT2D eigenvalue weighted by Gasteiger charge is -2.24. The molecule has 31 heavy (non-hydrogen) atoms. The number of aromatic nitrogens is 2. The van der Waals surface area contributed by atoms with Crippen molar-refractivity contribution < 1.29 is 4.79 Å². The Labute approximate surface area is 185 Å². The van der Waals surface area contributed by atoms with Gasteiger partial charge in [0.05, 0.1) is 11.0 Å². The quantitative estimate of drug-likeness (QED) is 0.363. The standard InChI is InChI=1S/C23H37N7O/c1-5-29-14-8-10-19(29)16-25-23(26-17-22(31)28(3)4)24-13-9-15-30-18(2)27-20-11-6-7-12-21(20)30/h6-7,11-12,19H,5,8-10,13-17H2,1-4H3,(H2,24,25,26). The highest BCUT2D eigenvalue weighted by atomic mass is 16.2. The van der Waals surface area contributed by atoms with Gasteiger partial charge in [-0.15, -0.1) is 0 Å². The number of aliphatic imine (C=N–C) groups is 1. The average molecular weight is 428 g/mol. The summed E-state index contributed by atoms with van der Waals surface area (Å²) in [5.41, 5.74) is 2.21. The first-order chi connectivity index (χ1) is 15.0. The minimum Gasteiger partial charge on any atom is -0.356 e. The smallest absolute Gasteiger partial charge is 0.243 e. The van der Waals surface area contributed by atoms with Crippen LogP contribution < -0.4 is 10.6 Å². The second-order valence-electron chi connectivity index (χ2n) is 8.34. The molecule has 1 aliphatic rings. The van der Waals surface area contributed by atoms with E-state index in [9.17, 15) is 4.79 Å². The van der Waals surface area contributed by atoms with Crippen LogP contribution in [0.3, 0.4) is 0 Å². The highest BCUT2D eigenvalue weighted by Gasteiger charge is 2.22. The van der Waals surface area contributed by atoms with Gasteiger partial charge in [0.15, 0.2) is 5.96 Å². The van der Waals surface area contributed by atoms with Gasteiger partial charge in [-0.3, -0.25) is 9.69 Å². The van der Waals surface area contributed by atoms with Crippen LogP contribution in [0.5, 0.6) is 0 Å². The van der Waals surface area contributed by atoms with Crippen molar-refractivity contribution in [2.75, 3.05) is 46.8 Å². The number of benzene rings is 1. The highest BCUT2D eigenvalue weighted by Crippen LogP contribution is 2.16. The third kappa shape index (κ3) is 6.19. The Morgan fingerprint density at radius 2 is 2.10 bits per heavy atom. The Morgan fingerprint density at radius 1 is 1.29 bits per heavy atom. The largest absolute Gasteiger partial charge is 0.356 e. The van der Waals surface area contributed by atoms with Crippen molar-refractivity contribution >= 4 is 22.9 Å². The van der Waals surface area contributed by atoms with Gasteiger partial charge in [0.2, 0.25) is 5.91 Å². The monoisotopic (exact) mass is 427 g/mol. The molecular weight excluding hydrogens is 390 g/mol. The predicted octanol–water partition coefficient (Wildman–Crippen LogP) is 1.84. The second-order valence-corrected chi connectivity index (χ2v) is 8.34. The Hall–Kier alpha value is -2.61. The Morgan fingerprint density at radius 3 is 2.87 bits per heavy atom. The molecule has 0 radical (unpaired) electrons. The molecule has 170 valence electrons. The SMILES string of the molecule is CCN1CCCC1CNC(=NCC(=O)N(C)C)NCCCn1c(C)nc2ccccc21. The van der Waals surface area contributed by atoms with Crippen molar-refractivity contribution in [3.8, 4) is 0 Å². The van der Waals surface area contributed by atoms with Crippen LogP contribution in [0.15, 0.2) is 29.3 Å². The summed E-state index contributed by atoms with van der Waals surface area (Å²) in [4.78, 5) is 25.2. The van der Waals surface area contributed by atoms with Crippen LogP contribution >= 0.6 is 0 Å². The topological polar surface area (TPSA) is 77.8 Å². The van der Waals surface area contributed by atoms with Gasteiger partial charge >= 0.3 is 0 Å². The van der Waals surface area contributed by atoms with Crippen LogP contribution in [0.25, 0.3) is 11.0 Å². The minimum absolute atomic E-state index is 0.00217. The minimum atomic E-state index is -0.00217. The zero-order valence-electron chi connectivity index (χ0n) is 19.4. The molecule has 1 aromatic carbocycles. The molecule has 0 spiro atoms. The number of amides is 1. The van der Waals surface area contributed by atoms with E-state index in [2.05, 4.69) is 62.1 Å².